The van der Waals surface area contributed by atoms with Gasteiger partial charge in [0.1, 0.15) is 5.82 Å². The van der Waals surface area contributed by atoms with Crippen molar-refractivity contribution in [3.63, 3.8) is 0 Å². The predicted octanol–water partition coefficient (Wildman–Crippen LogP) is 4.27. The van der Waals surface area contributed by atoms with Gasteiger partial charge in [0.15, 0.2) is 0 Å². The monoisotopic (exact) mass is 285 g/mol. The molecule has 110 valence electrons. The van der Waals surface area contributed by atoms with Crippen molar-refractivity contribution in [2.45, 2.75) is 32.8 Å². The summed E-state index contributed by atoms with van der Waals surface area (Å²) in [6.07, 6.45) is 1.42. The van der Waals surface area contributed by atoms with Crippen molar-refractivity contribution in [1.29, 1.82) is 0 Å². The summed E-state index contributed by atoms with van der Waals surface area (Å²) in [5.74, 6) is -0.276. The number of aliphatic hydroxyl groups excluding tert-OH is 1. The molecule has 21 heavy (non-hydrogen) atoms. The van der Waals surface area contributed by atoms with E-state index < -0.39 is 6.10 Å². The van der Waals surface area contributed by atoms with Crippen LogP contribution in [0.1, 0.15) is 36.1 Å². The number of aliphatic hydroxyl groups is 1. The molecule has 0 fully saturated rings. The maximum Gasteiger partial charge on any atom is 0.147 e. The smallest absolute Gasteiger partial charge is 0.147 e. The molecule has 3 rings (SSSR count). The summed E-state index contributed by atoms with van der Waals surface area (Å²) in [6, 6.07) is 11.3. The summed E-state index contributed by atoms with van der Waals surface area (Å²) >= 11 is 0. The molecule has 0 saturated heterocycles. The van der Waals surface area contributed by atoms with Crippen LogP contribution in [-0.4, -0.2) is 11.7 Å². The van der Waals surface area contributed by atoms with Crippen molar-refractivity contribution >= 4 is 11.4 Å². The summed E-state index contributed by atoms with van der Waals surface area (Å²) in [4.78, 5) is 2.04. The molecule has 3 heteroatoms. The second kappa shape index (κ2) is 5.49. The molecule has 0 aromatic heterocycles. The number of hydrogen-bond donors (Lipinski definition) is 1. The number of nitrogens with zero attached hydrogens (tertiary/aromatic N) is 1. The Morgan fingerprint density at radius 3 is 2.62 bits per heavy atom. The quantitative estimate of drug-likeness (QED) is 0.890. The van der Waals surface area contributed by atoms with E-state index >= 15 is 0 Å². The van der Waals surface area contributed by atoms with Crippen LogP contribution in [0.3, 0.4) is 0 Å². The van der Waals surface area contributed by atoms with Crippen molar-refractivity contribution in [2.75, 3.05) is 11.4 Å². The average molecular weight is 285 g/mol. The van der Waals surface area contributed by atoms with Crippen molar-refractivity contribution in [3.05, 3.63) is 58.9 Å². The van der Waals surface area contributed by atoms with E-state index in [9.17, 15) is 9.50 Å². The van der Waals surface area contributed by atoms with Gasteiger partial charge >= 0.3 is 0 Å². The van der Waals surface area contributed by atoms with Crippen LogP contribution in [0.15, 0.2) is 36.4 Å². The molecule has 0 amide bonds. The highest BCUT2D eigenvalue weighted by molar-refractivity contribution is 5.69. The molecule has 0 spiro atoms. The fraction of sp³-hybridized carbons (Fsp3) is 0.333. The molecule has 1 heterocycles. The van der Waals surface area contributed by atoms with E-state index in [-0.39, 0.29) is 5.82 Å². The Morgan fingerprint density at radius 2 is 1.90 bits per heavy atom. The highest BCUT2D eigenvalue weighted by atomic mass is 19.1. The number of aryl methyl sites for hydroxylation is 2. The van der Waals surface area contributed by atoms with Crippen LogP contribution in [0.25, 0.3) is 0 Å². The number of fused-ring (bicyclic) bond motifs is 1. The van der Waals surface area contributed by atoms with Crippen LogP contribution in [0.5, 0.6) is 0 Å². The van der Waals surface area contributed by atoms with E-state index in [0.29, 0.717) is 11.3 Å². The molecular weight excluding hydrogens is 265 g/mol. The third kappa shape index (κ3) is 2.66. The van der Waals surface area contributed by atoms with Crippen LogP contribution in [-0.2, 0) is 6.42 Å². The molecule has 2 aromatic carbocycles. The summed E-state index contributed by atoms with van der Waals surface area (Å²) in [5, 5.41) is 9.56. The van der Waals surface area contributed by atoms with Gasteiger partial charge in [0.05, 0.1) is 11.8 Å². The van der Waals surface area contributed by atoms with Crippen molar-refractivity contribution in [1.82, 2.24) is 0 Å². The fourth-order valence-corrected chi connectivity index (χ4v) is 2.98. The van der Waals surface area contributed by atoms with Crippen LogP contribution in [0.2, 0.25) is 0 Å². The first-order valence-corrected chi connectivity index (χ1v) is 7.41. The highest BCUT2D eigenvalue weighted by Gasteiger charge is 2.21. The van der Waals surface area contributed by atoms with Crippen LogP contribution < -0.4 is 4.90 Å². The van der Waals surface area contributed by atoms with E-state index in [1.807, 2.05) is 4.90 Å². The van der Waals surface area contributed by atoms with Gasteiger partial charge in [-0.05, 0) is 56.0 Å². The number of hydrogen-bond acceptors (Lipinski definition) is 2. The molecule has 0 unspecified atom stereocenters. The molecule has 1 N–H and O–H groups in total. The predicted molar refractivity (Wildman–Crippen MR) is 83.5 cm³/mol. The van der Waals surface area contributed by atoms with Gasteiger partial charge in [-0.1, -0.05) is 23.8 Å². The van der Waals surface area contributed by atoms with Crippen molar-refractivity contribution in [3.8, 4) is 0 Å². The Hall–Kier alpha value is -1.87. The first kappa shape index (κ1) is 14.1. The Kier molecular flexibility index (Phi) is 3.68. The average Bonchev–Trinajstić information content (AvgIpc) is 2.46. The van der Waals surface area contributed by atoms with Gasteiger partial charge in [0, 0.05) is 12.2 Å². The summed E-state index contributed by atoms with van der Waals surface area (Å²) in [5.41, 5.74) is 4.80. The van der Waals surface area contributed by atoms with Crippen molar-refractivity contribution in [2.24, 2.45) is 0 Å². The SMILES string of the molecule is Cc1ccc2c(c1)CCCN2c1ccc([C@H](C)O)cc1F. The first-order chi connectivity index (χ1) is 10.1. The van der Waals surface area contributed by atoms with Gasteiger partial charge in [-0.15, -0.1) is 0 Å². The maximum absolute atomic E-state index is 14.4. The minimum atomic E-state index is -0.648. The number of benzene rings is 2. The Bertz CT molecular complexity index is 666. The molecule has 1 aliphatic rings. The first-order valence-electron chi connectivity index (χ1n) is 7.41. The Balaban J connectivity index is 2.03. The van der Waals surface area contributed by atoms with Gasteiger partial charge in [-0.3, -0.25) is 0 Å². The summed E-state index contributed by atoms with van der Waals surface area (Å²) < 4.78 is 14.4. The summed E-state index contributed by atoms with van der Waals surface area (Å²) in [7, 11) is 0. The van der Waals surface area contributed by atoms with E-state index in [2.05, 4.69) is 25.1 Å². The topological polar surface area (TPSA) is 23.5 Å². The van der Waals surface area contributed by atoms with E-state index in [1.165, 1.54) is 17.2 Å². The van der Waals surface area contributed by atoms with Gasteiger partial charge in [-0.2, -0.15) is 0 Å². The van der Waals surface area contributed by atoms with E-state index in [0.717, 1.165) is 25.1 Å². The second-order valence-electron chi connectivity index (χ2n) is 5.77. The van der Waals surface area contributed by atoms with E-state index in [4.69, 9.17) is 0 Å². The van der Waals surface area contributed by atoms with Gasteiger partial charge < -0.3 is 10.0 Å². The van der Waals surface area contributed by atoms with Crippen LogP contribution in [0.4, 0.5) is 15.8 Å². The van der Waals surface area contributed by atoms with Crippen molar-refractivity contribution < 1.29 is 9.50 Å². The number of anilines is 2. The van der Waals surface area contributed by atoms with Gasteiger partial charge in [-0.25, -0.2) is 4.39 Å². The highest BCUT2D eigenvalue weighted by Crippen LogP contribution is 2.35. The normalized spacial score (nSPS) is 15.7. The lowest BCUT2D eigenvalue weighted by Gasteiger charge is -2.32. The zero-order valence-corrected chi connectivity index (χ0v) is 12.4. The molecule has 1 atom stereocenters. The largest absolute Gasteiger partial charge is 0.389 e. The lowest BCUT2D eigenvalue weighted by atomic mass is 9.98. The molecule has 0 bridgehead atoms. The van der Waals surface area contributed by atoms with E-state index in [1.54, 1.807) is 19.1 Å². The lowest BCUT2D eigenvalue weighted by molar-refractivity contribution is 0.199. The fourth-order valence-electron chi connectivity index (χ4n) is 2.98. The molecule has 1 aliphatic heterocycles. The molecule has 0 aliphatic carbocycles. The molecule has 2 aromatic rings. The lowest BCUT2D eigenvalue weighted by Crippen LogP contribution is -2.25. The second-order valence-corrected chi connectivity index (χ2v) is 5.77. The minimum Gasteiger partial charge on any atom is -0.389 e. The Labute approximate surface area is 124 Å². The van der Waals surface area contributed by atoms with Gasteiger partial charge in [0.2, 0.25) is 0 Å². The minimum absolute atomic E-state index is 0.276. The zero-order valence-electron chi connectivity index (χ0n) is 12.4. The number of halogens is 1. The van der Waals surface area contributed by atoms with Crippen LogP contribution in [0, 0.1) is 12.7 Å². The molecule has 2 nitrogen and oxygen atoms in total. The van der Waals surface area contributed by atoms with Gasteiger partial charge in [0.25, 0.3) is 0 Å². The zero-order chi connectivity index (χ0) is 15.0. The maximum atomic E-state index is 14.4. The molecule has 0 saturated carbocycles. The molecular formula is C18H20FNO. The molecule has 0 radical (unpaired) electrons. The summed E-state index contributed by atoms with van der Waals surface area (Å²) in [6.45, 7) is 4.55. The standard InChI is InChI=1S/C18H20FNO/c1-12-5-7-17-15(10-12)4-3-9-20(17)18-8-6-14(13(2)21)11-16(18)19/h5-8,10-11,13,21H,3-4,9H2,1-2H3/t13-/m0/s1. The third-order valence-corrected chi connectivity index (χ3v) is 4.10. The number of rotatable bonds is 2. The van der Waals surface area contributed by atoms with Crippen LogP contribution >= 0.6 is 0 Å². The Morgan fingerprint density at radius 1 is 1.14 bits per heavy atom. The third-order valence-electron chi connectivity index (χ3n) is 4.10.